The molecule has 48 heavy (non-hydrogen) atoms. The number of rotatable bonds is 8. The number of aliphatic hydroxyl groups is 1. The van der Waals surface area contributed by atoms with Crippen LogP contribution in [0.4, 0.5) is 16.2 Å². The maximum atomic E-state index is 14.4. The van der Waals surface area contributed by atoms with Crippen LogP contribution < -0.4 is 14.8 Å². The molecule has 12 heteroatoms. The highest BCUT2D eigenvalue weighted by Gasteiger charge is 2.31. The number of ether oxygens (including phenoxy) is 2. The minimum atomic E-state index is -3.93. The van der Waals surface area contributed by atoms with E-state index in [1.165, 1.54) is 18.2 Å². The molecule has 4 rings (SSSR count). The lowest BCUT2D eigenvalue weighted by atomic mass is 10.0. The topological polar surface area (TPSA) is 138 Å². The first-order valence-electron chi connectivity index (χ1n) is 16.4. The number of benzene rings is 3. The third-order valence-corrected chi connectivity index (χ3v) is 9.86. The Bertz CT molecular complexity index is 1620. The van der Waals surface area contributed by atoms with Crippen molar-refractivity contribution in [3.63, 3.8) is 0 Å². The summed E-state index contributed by atoms with van der Waals surface area (Å²) in [6.45, 7) is 8.15. The lowest BCUT2D eigenvalue weighted by Crippen LogP contribution is -2.48. The zero-order valence-electron chi connectivity index (χ0n) is 28.4. The first kappa shape index (κ1) is 36.7. The molecule has 3 amide bonds. The van der Waals surface area contributed by atoms with Gasteiger partial charge in [0, 0.05) is 44.0 Å². The van der Waals surface area contributed by atoms with E-state index in [1.807, 2.05) is 51.1 Å². The molecule has 3 aromatic rings. The SMILES string of the molecule is Cc1ccc(S(=O)(=O)Nc2ccc3c(c2)C(=O)N([C@H](C)CO)C[C@H](C)[C@@H](CN(C)C(=O)Nc2ccccc2)OCCCC[C@H](C)O3)cc1. The minimum Gasteiger partial charge on any atom is -0.490 e. The maximum Gasteiger partial charge on any atom is 0.321 e. The summed E-state index contributed by atoms with van der Waals surface area (Å²) in [5, 5.41) is 13.1. The zero-order valence-corrected chi connectivity index (χ0v) is 29.2. The number of hydrogen-bond acceptors (Lipinski definition) is 7. The number of nitrogens with one attached hydrogen (secondary N) is 2. The molecule has 4 atom stereocenters. The molecule has 0 bridgehead atoms. The fraction of sp³-hybridized carbons (Fsp3) is 0.444. The molecule has 3 N–H and O–H groups in total. The smallest absolute Gasteiger partial charge is 0.321 e. The van der Waals surface area contributed by atoms with Crippen molar-refractivity contribution >= 4 is 33.3 Å². The van der Waals surface area contributed by atoms with Crippen LogP contribution in [-0.2, 0) is 14.8 Å². The number of sulfonamides is 1. The highest BCUT2D eigenvalue weighted by atomic mass is 32.2. The Hall–Kier alpha value is -4.13. The van der Waals surface area contributed by atoms with Gasteiger partial charge in [-0.3, -0.25) is 9.52 Å². The normalized spacial score (nSPS) is 20.1. The van der Waals surface area contributed by atoms with Gasteiger partial charge in [0.2, 0.25) is 0 Å². The molecule has 11 nitrogen and oxygen atoms in total. The minimum absolute atomic E-state index is 0.0993. The summed E-state index contributed by atoms with van der Waals surface area (Å²) in [5.41, 5.74) is 1.99. The second kappa shape index (κ2) is 16.8. The van der Waals surface area contributed by atoms with Gasteiger partial charge >= 0.3 is 6.03 Å². The van der Waals surface area contributed by atoms with E-state index >= 15 is 0 Å². The van der Waals surface area contributed by atoms with Crippen LogP contribution in [-0.4, -0.2) is 86.9 Å². The number of anilines is 2. The molecule has 1 heterocycles. The standard InChI is InChI=1S/C36H48N4O7S/c1-25-14-17-31(18-15-25)48(44,45)38-30-16-19-33-32(21-30)35(42)40(27(3)24-41)22-26(2)34(46-20-10-9-11-28(4)47-33)23-39(5)36(43)37-29-12-7-6-8-13-29/h6-8,12-19,21,26-28,34,38,41H,9-11,20,22-24H2,1-5H3,(H,37,43)/t26-,27+,28-,34+/m0/s1. The summed E-state index contributed by atoms with van der Waals surface area (Å²) >= 11 is 0. The van der Waals surface area contributed by atoms with E-state index in [0.717, 1.165) is 18.4 Å². The third-order valence-electron chi connectivity index (χ3n) is 8.46. The predicted molar refractivity (Wildman–Crippen MR) is 187 cm³/mol. The van der Waals surface area contributed by atoms with E-state index in [9.17, 15) is 23.1 Å². The second-order valence-electron chi connectivity index (χ2n) is 12.6. The summed E-state index contributed by atoms with van der Waals surface area (Å²) in [5.74, 6) is -0.340. The van der Waals surface area contributed by atoms with Crippen molar-refractivity contribution in [3.05, 3.63) is 83.9 Å². The van der Waals surface area contributed by atoms with Crippen LogP contribution in [0.15, 0.2) is 77.7 Å². The number of hydrogen-bond donors (Lipinski definition) is 3. The number of nitrogens with zero attached hydrogens (tertiary/aromatic N) is 2. The summed E-state index contributed by atoms with van der Waals surface area (Å²) in [7, 11) is -2.23. The summed E-state index contributed by atoms with van der Waals surface area (Å²) in [4.78, 5) is 30.6. The molecule has 1 aliphatic heterocycles. The summed E-state index contributed by atoms with van der Waals surface area (Å²) < 4.78 is 41.6. The van der Waals surface area contributed by atoms with Crippen LogP contribution in [0.2, 0.25) is 0 Å². The zero-order chi connectivity index (χ0) is 34.8. The average molecular weight is 681 g/mol. The van der Waals surface area contributed by atoms with Gasteiger partial charge in [-0.1, -0.05) is 42.8 Å². The number of carbonyl (C=O) groups is 2. The predicted octanol–water partition coefficient (Wildman–Crippen LogP) is 5.76. The van der Waals surface area contributed by atoms with Crippen molar-refractivity contribution in [2.24, 2.45) is 5.92 Å². The van der Waals surface area contributed by atoms with Crippen molar-refractivity contribution in [1.82, 2.24) is 9.80 Å². The molecule has 0 fully saturated rings. The van der Waals surface area contributed by atoms with E-state index in [-0.39, 0.29) is 53.9 Å². The Morgan fingerprint density at radius 1 is 1.04 bits per heavy atom. The van der Waals surface area contributed by atoms with Crippen molar-refractivity contribution in [3.8, 4) is 5.75 Å². The molecule has 0 saturated heterocycles. The van der Waals surface area contributed by atoms with E-state index in [1.54, 1.807) is 48.0 Å². The van der Waals surface area contributed by atoms with Gasteiger partial charge in [0.15, 0.2) is 0 Å². The van der Waals surface area contributed by atoms with Gasteiger partial charge in [0.25, 0.3) is 15.9 Å². The van der Waals surface area contributed by atoms with Crippen LogP contribution in [0.5, 0.6) is 5.75 Å². The Balaban J connectivity index is 1.63. The summed E-state index contributed by atoms with van der Waals surface area (Å²) in [6, 6.07) is 19.5. The molecule has 3 aromatic carbocycles. The van der Waals surface area contributed by atoms with E-state index < -0.39 is 28.1 Å². The molecular formula is C36H48N4O7S. The van der Waals surface area contributed by atoms with Crippen molar-refractivity contribution in [2.45, 2.75) is 70.1 Å². The number of carbonyl (C=O) groups excluding carboxylic acids is 2. The van der Waals surface area contributed by atoms with Gasteiger partial charge < -0.3 is 29.7 Å². The highest BCUT2D eigenvalue weighted by molar-refractivity contribution is 7.92. The van der Waals surface area contributed by atoms with Gasteiger partial charge in [0.1, 0.15) is 5.75 Å². The molecule has 0 spiro atoms. The Kier molecular flexibility index (Phi) is 12.9. The lowest BCUT2D eigenvalue weighted by Gasteiger charge is -2.35. The first-order valence-corrected chi connectivity index (χ1v) is 17.9. The van der Waals surface area contributed by atoms with E-state index in [0.29, 0.717) is 24.5 Å². The number of likely N-dealkylation sites (N-methyl/N-ethyl adjacent to an activating group) is 1. The highest BCUT2D eigenvalue weighted by Crippen LogP contribution is 2.29. The van der Waals surface area contributed by atoms with E-state index in [4.69, 9.17) is 9.47 Å². The Morgan fingerprint density at radius 3 is 2.44 bits per heavy atom. The van der Waals surface area contributed by atoms with Crippen molar-refractivity contribution in [1.29, 1.82) is 0 Å². The molecule has 0 aliphatic carbocycles. The van der Waals surface area contributed by atoms with Crippen LogP contribution in [0, 0.1) is 12.8 Å². The molecule has 260 valence electrons. The Morgan fingerprint density at radius 2 is 1.75 bits per heavy atom. The van der Waals surface area contributed by atoms with E-state index in [2.05, 4.69) is 10.0 Å². The second-order valence-corrected chi connectivity index (χ2v) is 14.3. The number of aliphatic hydroxyl groups excluding tert-OH is 1. The molecule has 0 saturated carbocycles. The van der Waals surface area contributed by atoms with Crippen LogP contribution >= 0.6 is 0 Å². The average Bonchev–Trinajstić information content (AvgIpc) is 3.06. The van der Waals surface area contributed by atoms with Crippen LogP contribution in [0.1, 0.15) is 56.0 Å². The monoisotopic (exact) mass is 680 g/mol. The van der Waals surface area contributed by atoms with Crippen LogP contribution in [0.25, 0.3) is 0 Å². The fourth-order valence-corrected chi connectivity index (χ4v) is 6.52. The molecule has 0 aromatic heterocycles. The quantitative estimate of drug-likeness (QED) is 0.275. The molecular weight excluding hydrogens is 632 g/mol. The lowest BCUT2D eigenvalue weighted by molar-refractivity contribution is -0.0115. The summed E-state index contributed by atoms with van der Waals surface area (Å²) in [6.07, 6.45) is 1.65. The van der Waals surface area contributed by atoms with Crippen molar-refractivity contribution < 1.29 is 32.6 Å². The largest absolute Gasteiger partial charge is 0.490 e. The Labute approximate surface area is 284 Å². The maximum absolute atomic E-state index is 14.4. The number of urea groups is 1. The first-order chi connectivity index (χ1) is 22.9. The molecule has 0 unspecified atom stereocenters. The van der Waals surface area contributed by atoms with Gasteiger partial charge in [0.05, 0.1) is 35.3 Å². The fourth-order valence-electron chi connectivity index (χ4n) is 5.47. The van der Waals surface area contributed by atoms with Crippen molar-refractivity contribution in [2.75, 3.05) is 43.4 Å². The molecule has 1 aliphatic rings. The van der Waals surface area contributed by atoms with Gasteiger partial charge in [-0.2, -0.15) is 0 Å². The number of para-hydroxylation sites is 1. The third kappa shape index (κ3) is 9.94. The number of fused-ring (bicyclic) bond motifs is 1. The van der Waals surface area contributed by atoms with Gasteiger partial charge in [-0.05, 0) is 82.5 Å². The van der Waals surface area contributed by atoms with Gasteiger partial charge in [-0.25, -0.2) is 13.2 Å². The van der Waals surface area contributed by atoms with Gasteiger partial charge in [-0.15, -0.1) is 0 Å². The van der Waals surface area contributed by atoms with Crippen LogP contribution in [0.3, 0.4) is 0 Å². The number of amides is 3. The number of aryl methyl sites for hydroxylation is 1. The molecule has 0 radical (unpaired) electrons.